The van der Waals surface area contributed by atoms with Gasteiger partial charge in [-0.3, -0.25) is 0 Å². The summed E-state index contributed by atoms with van der Waals surface area (Å²) in [5, 5.41) is 2.96. The van der Waals surface area contributed by atoms with Crippen molar-refractivity contribution in [1.82, 2.24) is 9.97 Å². The van der Waals surface area contributed by atoms with E-state index < -0.39 is 12.8 Å². The van der Waals surface area contributed by atoms with Crippen molar-refractivity contribution in [3.8, 4) is 5.75 Å². The molecule has 0 fully saturated rings. The molecule has 1 aromatic carbocycles. The molecule has 1 N–H and O–H groups in total. The number of hydrogen-bond donors (Lipinski definition) is 1. The Morgan fingerprint density at radius 2 is 1.77 bits per heavy atom. The van der Waals surface area contributed by atoms with E-state index in [0.29, 0.717) is 11.5 Å². The number of nitrogens with one attached hydrogen (secondary N) is 1. The minimum absolute atomic E-state index is 0.205. The highest BCUT2D eigenvalue weighted by Crippen LogP contribution is 2.24. The maximum Gasteiger partial charge on any atom is 0.422 e. The van der Waals surface area contributed by atoms with Crippen LogP contribution in [0.5, 0.6) is 5.75 Å². The van der Waals surface area contributed by atoms with Crippen molar-refractivity contribution in [1.29, 1.82) is 0 Å². The smallest absolute Gasteiger partial charge is 0.422 e. The highest BCUT2D eigenvalue weighted by atomic mass is 19.4. The number of hydrogen-bond acceptors (Lipinski definition) is 4. The van der Waals surface area contributed by atoms with Crippen LogP contribution in [0.25, 0.3) is 0 Å². The molecule has 0 aliphatic carbocycles. The highest BCUT2D eigenvalue weighted by Gasteiger charge is 2.28. The first-order valence-corrected chi connectivity index (χ1v) is 6.65. The molecular weight excluding hydrogens is 295 g/mol. The van der Waals surface area contributed by atoms with Crippen molar-refractivity contribution < 1.29 is 17.9 Å². The van der Waals surface area contributed by atoms with Crippen molar-refractivity contribution in [3.63, 3.8) is 0 Å². The van der Waals surface area contributed by atoms with Gasteiger partial charge in [-0.2, -0.15) is 13.2 Å². The third kappa shape index (κ3) is 4.91. The molecule has 0 spiro atoms. The number of aromatic nitrogens is 2. The molecule has 0 unspecified atom stereocenters. The maximum absolute atomic E-state index is 12.3. The first-order chi connectivity index (χ1) is 10.3. The maximum atomic E-state index is 12.3. The van der Waals surface area contributed by atoms with E-state index in [1.807, 2.05) is 13.0 Å². The molecule has 0 atom stereocenters. The standard InChI is InChI=1S/C15H16F3N3O/c1-10-3-4-12(13(5-10)22-9-15(16,17)18)8-21-14-19-6-11(2)7-20-14/h3-7H,8-9H2,1-2H3,(H,19,20,21). The zero-order valence-corrected chi connectivity index (χ0v) is 12.2. The largest absolute Gasteiger partial charge is 0.484 e. The second-order valence-corrected chi connectivity index (χ2v) is 4.95. The van der Waals surface area contributed by atoms with Gasteiger partial charge in [0.2, 0.25) is 5.95 Å². The third-order valence-electron chi connectivity index (χ3n) is 2.83. The number of alkyl halides is 3. The fraction of sp³-hybridized carbons (Fsp3) is 0.333. The van der Waals surface area contributed by atoms with Crippen LogP contribution < -0.4 is 10.1 Å². The molecule has 0 aliphatic heterocycles. The molecule has 1 aromatic heterocycles. The molecule has 0 saturated carbocycles. The predicted octanol–water partition coefficient (Wildman–Crippen LogP) is 3.65. The Bertz CT molecular complexity index is 627. The molecule has 0 amide bonds. The van der Waals surface area contributed by atoms with Gasteiger partial charge >= 0.3 is 6.18 Å². The van der Waals surface area contributed by atoms with E-state index in [0.717, 1.165) is 11.1 Å². The van der Waals surface area contributed by atoms with Gasteiger partial charge in [0.1, 0.15) is 5.75 Å². The van der Waals surface area contributed by atoms with Gasteiger partial charge in [0, 0.05) is 24.5 Å². The quantitative estimate of drug-likeness (QED) is 0.915. The zero-order valence-electron chi connectivity index (χ0n) is 12.2. The molecule has 118 valence electrons. The summed E-state index contributed by atoms with van der Waals surface area (Å²) in [6, 6.07) is 5.12. The number of anilines is 1. The van der Waals surface area contributed by atoms with Crippen LogP contribution >= 0.6 is 0 Å². The molecule has 0 radical (unpaired) electrons. The molecule has 0 saturated heterocycles. The summed E-state index contributed by atoms with van der Waals surface area (Å²) < 4.78 is 41.8. The molecule has 1 heterocycles. The van der Waals surface area contributed by atoms with Crippen LogP contribution in [0.4, 0.5) is 19.1 Å². The summed E-state index contributed by atoms with van der Waals surface area (Å²) in [7, 11) is 0. The fourth-order valence-electron chi connectivity index (χ4n) is 1.76. The summed E-state index contributed by atoms with van der Waals surface area (Å²) in [6.07, 6.45) is -1.05. The van der Waals surface area contributed by atoms with E-state index in [4.69, 9.17) is 4.74 Å². The number of aryl methyl sites for hydroxylation is 2. The molecule has 2 aromatic rings. The molecule has 0 aliphatic rings. The number of nitrogens with zero attached hydrogens (tertiary/aromatic N) is 2. The number of rotatable bonds is 5. The van der Waals surface area contributed by atoms with E-state index in [1.165, 1.54) is 0 Å². The minimum atomic E-state index is -4.37. The van der Waals surface area contributed by atoms with Crippen molar-refractivity contribution >= 4 is 5.95 Å². The van der Waals surface area contributed by atoms with Crippen molar-refractivity contribution in [2.45, 2.75) is 26.6 Å². The number of ether oxygens (including phenoxy) is 1. The average molecular weight is 311 g/mol. The minimum Gasteiger partial charge on any atom is -0.484 e. The predicted molar refractivity (Wildman–Crippen MR) is 76.8 cm³/mol. The van der Waals surface area contributed by atoms with Crippen LogP contribution in [0, 0.1) is 13.8 Å². The Morgan fingerprint density at radius 1 is 1.09 bits per heavy atom. The summed E-state index contributed by atoms with van der Waals surface area (Å²) in [5.74, 6) is 0.616. The van der Waals surface area contributed by atoms with Crippen LogP contribution in [0.3, 0.4) is 0 Å². The Labute approximate surface area is 126 Å². The Balaban J connectivity index is 2.07. The summed E-state index contributed by atoms with van der Waals surface area (Å²) in [6.45, 7) is 2.62. The van der Waals surface area contributed by atoms with Gasteiger partial charge in [-0.05, 0) is 31.0 Å². The van der Waals surface area contributed by atoms with Crippen molar-refractivity contribution in [2.24, 2.45) is 0 Å². The van der Waals surface area contributed by atoms with Crippen LogP contribution in [-0.4, -0.2) is 22.8 Å². The van der Waals surface area contributed by atoms with E-state index in [-0.39, 0.29) is 12.3 Å². The van der Waals surface area contributed by atoms with E-state index in [9.17, 15) is 13.2 Å². The van der Waals surface area contributed by atoms with Crippen LogP contribution in [0.2, 0.25) is 0 Å². The van der Waals surface area contributed by atoms with E-state index >= 15 is 0 Å². The highest BCUT2D eigenvalue weighted by molar-refractivity contribution is 5.39. The lowest BCUT2D eigenvalue weighted by molar-refractivity contribution is -0.153. The molecule has 22 heavy (non-hydrogen) atoms. The fourth-order valence-corrected chi connectivity index (χ4v) is 1.76. The normalized spacial score (nSPS) is 11.3. The Kier molecular flexibility index (Phi) is 4.85. The lowest BCUT2D eigenvalue weighted by atomic mass is 10.1. The van der Waals surface area contributed by atoms with Gasteiger partial charge in [0.15, 0.2) is 6.61 Å². The zero-order chi connectivity index (χ0) is 16.2. The van der Waals surface area contributed by atoms with Crippen LogP contribution in [-0.2, 0) is 6.54 Å². The summed E-state index contributed by atoms with van der Waals surface area (Å²) >= 11 is 0. The van der Waals surface area contributed by atoms with Crippen LogP contribution in [0.1, 0.15) is 16.7 Å². The second kappa shape index (κ2) is 6.64. The summed E-state index contributed by atoms with van der Waals surface area (Å²) in [4.78, 5) is 8.17. The first kappa shape index (κ1) is 16.1. The van der Waals surface area contributed by atoms with E-state index in [2.05, 4.69) is 15.3 Å². The van der Waals surface area contributed by atoms with Gasteiger partial charge in [0.25, 0.3) is 0 Å². The molecule has 4 nitrogen and oxygen atoms in total. The average Bonchev–Trinajstić information content (AvgIpc) is 2.45. The first-order valence-electron chi connectivity index (χ1n) is 6.65. The third-order valence-corrected chi connectivity index (χ3v) is 2.83. The topological polar surface area (TPSA) is 47.0 Å². The van der Waals surface area contributed by atoms with Gasteiger partial charge < -0.3 is 10.1 Å². The van der Waals surface area contributed by atoms with Gasteiger partial charge in [-0.15, -0.1) is 0 Å². The summed E-state index contributed by atoms with van der Waals surface area (Å²) in [5.41, 5.74) is 2.36. The SMILES string of the molecule is Cc1cnc(NCc2ccc(C)cc2OCC(F)(F)F)nc1. The molecule has 2 rings (SSSR count). The van der Waals surface area contributed by atoms with E-state index in [1.54, 1.807) is 31.5 Å². The Morgan fingerprint density at radius 3 is 2.41 bits per heavy atom. The number of benzene rings is 1. The number of halogens is 3. The van der Waals surface area contributed by atoms with Gasteiger partial charge in [-0.1, -0.05) is 12.1 Å². The Hall–Kier alpha value is -2.31. The van der Waals surface area contributed by atoms with Crippen molar-refractivity contribution in [2.75, 3.05) is 11.9 Å². The van der Waals surface area contributed by atoms with Crippen molar-refractivity contribution in [3.05, 3.63) is 47.3 Å². The molecule has 7 heteroatoms. The lowest BCUT2D eigenvalue weighted by Crippen LogP contribution is -2.20. The monoisotopic (exact) mass is 311 g/mol. The molecule has 0 bridgehead atoms. The molecular formula is C15H16F3N3O. The van der Waals surface area contributed by atoms with Gasteiger partial charge in [-0.25, -0.2) is 9.97 Å². The van der Waals surface area contributed by atoms with Crippen LogP contribution in [0.15, 0.2) is 30.6 Å². The second-order valence-electron chi connectivity index (χ2n) is 4.95. The lowest BCUT2D eigenvalue weighted by Gasteiger charge is -2.14. The van der Waals surface area contributed by atoms with Gasteiger partial charge in [0.05, 0.1) is 0 Å².